The summed E-state index contributed by atoms with van der Waals surface area (Å²) in [5, 5.41) is 8.00. The van der Waals surface area contributed by atoms with Crippen molar-refractivity contribution in [3.05, 3.63) is 46.8 Å². The van der Waals surface area contributed by atoms with Gasteiger partial charge in [0.1, 0.15) is 0 Å². The largest absolute Gasteiger partial charge is 0.348 e. The predicted molar refractivity (Wildman–Crippen MR) is 99.2 cm³/mol. The Morgan fingerprint density at radius 2 is 1.92 bits per heavy atom. The van der Waals surface area contributed by atoms with Crippen LogP contribution in [0.25, 0.3) is 5.69 Å². The summed E-state index contributed by atoms with van der Waals surface area (Å²) < 4.78 is 2.01. The molecule has 1 aromatic carbocycles. The Kier molecular flexibility index (Phi) is 4.36. The first-order chi connectivity index (χ1) is 12.1. The molecule has 2 aliphatic rings. The van der Waals surface area contributed by atoms with Gasteiger partial charge in [-0.3, -0.25) is 4.79 Å². The Labute approximate surface area is 149 Å². The van der Waals surface area contributed by atoms with E-state index in [4.69, 9.17) is 5.10 Å². The number of nitrogens with zero attached hydrogens (tertiary/aromatic N) is 2. The van der Waals surface area contributed by atoms with E-state index in [0.29, 0.717) is 11.7 Å². The summed E-state index contributed by atoms with van der Waals surface area (Å²) in [5.41, 5.74) is 5.30. The Morgan fingerprint density at radius 3 is 2.68 bits per heavy atom. The molecule has 0 atom stereocenters. The Morgan fingerprint density at radius 1 is 1.16 bits per heavy atom. The number of hydrogen-bond acceptors (Lipinski definition) is 2. The molecule has 4 heteroatoms. The Hall–Kier alpha value is -2.10. The van der Waals surface area contributed by atoms with Crippen LogP contribution in [0.4, 0.5) is 0 Å². The van der Waals surface area contributed by atoms with Gasteiger partial charge in [-0.15, -0.1) is 0 Å². The third-order valence-electron chi connectivity index (χ3n) is 5.84. The number of nitrogens with one attached hydrogen (secondary N) is 1. The van der Waals surface area contributed by atoms with Crippen molar-refractivity contribution in [2.45, 2.75) is 64.8 Å². The van der Waals surface area contributed by atoms with Crippen LogP contribution in [-0.2, 0) is 12.8 Å². The first-order valence-electron chi connectivity index (χ1n) is 9.61. The number of rotatable bonds is 3. The van der Waals surface area contributed by atoms with E-state index < -0.39 is 0 Å². The van der Waals surface area contributed by atoms with Crippen molar-refractivity contribution >= 4 is 5.91 Å². The molecule has 2 aliphatic carbocycles. The van der Waals surface area contributed by atoms with Gasteiger partial charge >= 0.3 is 0 Å². The lowest BCUT2D eigenvalue weighted by Crippen LogP contribution is -2.37. The minimum absolute atomic E-state index is 0.0186. The highest BCUT2D eigenvalue weighted by molar-refractivity contribution is 5.94. The zero-order valence-electron chi connectivity index (χ0n) is 15.2. The monoisotopic (exact) mass is 337 g/mol. The summed E-state index contributed by atoms with van der Waals surface area (Å²) in [4.78, 5) is 12.9. The maximum absolute atomic E-state index is 12.9. The van der Waals surface area contributed by atoms with E-state index in [1.165, 1.54) is 24.1 Å². The topological polar surface area (TPSA) is 46.9 Å². The highest BCUT2D eigenvalue weighted by Crippen LogP contribution is 2.29. The quantitative estimate of drug-likeness (QED) is 0.921. The van der Waals surface area contributed by atoms with Crippen LogP contribution in [0.5, 0.6) is 0 Å². The lowest BCUT2D eigenvalue weighted by atomic mass is 9.87. The van der Waals surface area contributed by atoms with E-state index in [0.717, 1.165) is 49.3 Å². The first kappa shape index (κ1) is 16.4. The predicted octanol–water partition coefficient (Wildman–Crippen LogP) is 3.98. The number of aryl methyl sites for hydroxylation is 1. The van der Waals surface area contributed by atoms with Gasteiger partial charge in [-0.25, -0.2) is 4.68 Å². The molecular weight excluding hydrogens is 310 g/mol. The summed E-state index contributed by atoms with van der Waals surface area (Å²) >= 11 is 0. The molecule has 0 radical (unpaired) electrons. The lowest BCUT2D eigenvalue weighted by Gasteiger charge is -2.26. The molecule has 1 aromatic heterocycles. The molecule has 4 nitrogen and oxygen atoms in total. The Balaban J connectivity index is 1.61. The van der Waals surface area contributed by atoms with Crippen LogP contribution in [0.1, 0.15) is 66.3 Å². The van der Waals surface area contributed by atoms with Crippen molar-refractivity contribution in [2.24, 2.45) is 5.92 Å². The van der Waals surface area contributed by atoms with Crippen molar-refractivity contribution in [3.8, 4) is 5.69 Å². The van der Waals surface area contributed by atoms with Gasteiger partial charge in [0.25, 0.3) is 5.91 Å². The fourth-order valence-corrected chi connectivity index (χ4v) is 4.28. The van der Waals surface area contributed by atoms with Crippen molar-refractivity contribution in [1.29, 1.82) is 0 Å². The van der Waals surface area contributed by atoms with Crippen molar-refractivity contribution in [3.63, 3.8) is 0 Å². The number of aromatic nitrogens is 2. The molecule has 4 rings (SSSR count). The molecule has 2 aromatic rings. The van der Waals surface area contributed by atoms with E-state index >= 15 is 0 Å². The molecule has 1 saturated carbocycles. The number of amides is 1. The normalized spacial score (nSPS) is 22.6. The standard InChI is InChI=1S/C21H27N3O/c1-14-10-12-16(13-11-14)22-21(25)20-17-7-5-9-19(17)24(23-20)18-8-4-3-6-15(18)2/h3-4,6,8,14,16H,5,7,9-13H2,1-2H3,(H,22,25). The van der Waals surface area contributed by atoms with Gasteiger partial charge in [0.05, 0.1) is 5.69 Å². The number of benzene rings is 1. The van der Waals surface area contributed by atoms with Crippen molar-refractivity contribution in [2.75, 3.05) is 0 Å². The van der Waals surface area contributed by atoms with Gasteiger partial charge < -0.3 is 5.32 Å². The zero-order chi connectivity index (χ0) is 17.4. The SMILES string of the molecule is Cc1ccccc1-n1nc(C(=O)NC2CCC(C)CC2)c2c1CCC2. The third-order valence-corrected chi connectivity index (χ3v) is 5.84. The van der Waals surface area contributed by atoms with Gasteiger partial charge in [0.15, 0.2) is 5.69 Å². The van der Waals surface area contributed by atoms with Crippen LogP contribution >= 0.6 is 0 Å². The second-order valence-electron chi connectivity index (χ2n) is 7.76. The number of fused-ring (bicyclic) bond motifs is 1. The van der Waals surface area contributed by atoms with E-state index in [-0.39, 0.29) is 5.91 Å². The summed E-state index contributed by atoms with van der Waals surface area (Å²) in [6.07, 6.45) is 7.68. The summed E-state index contributed by atoms with van der Waals surface area (Å²) in [6.45, 7) is 4.40. The minimum Gasteiger partial charge on any atom is -0.348 e. The number of hydrogen-bond donors (Lipinski definition) is 1. The highest BCUT2D eigenvalue weighted by Gasteiger charge is 2.29. The molecule has 132 valence electrons. The fraction of sp³-hybridized carbons (Fsp3) is 0.524. The van der Waals surface area contributed by atoms with Gasteiger partial charge in [0, 0.05) is 17.3 Å². The molecule has 25 heavy (non-hydrogen) atoms. The number of carbonyl (C=O) groups excluding carboxylic acids is 1. The van der Waals surface area contributed by atoms with E-state index in [1.54, 1.807) is 0 Å². The molecule has 0 bridgehead atoms. The van der Waals surface area contributed by atoms with Gasteiger partial charge in [0.2, 0.25) is 0 Å². The number of para-hydroxylation sites is 1. The van der Waals surface area contributed by atoms with E-state index in [9.17, 15) is 4.79 Å². The van der Waals surface area contributed by atoms with Crippen molar-refractivity contribution < 1.29 is 4.79 Å². The second kappa shape index (κ2) is 6.66. The zero-order valence-corrected chi connectivity index (χ0v) is 15.2. The maximum Gasteiger partial charge on any atom is 0.272 e. The second-order valence-corrected chi connectivity index (χ2v) is 7.76. The minimum atomic E-state index is 0.0186. The third kappa shape index (κ3) is 3.10. The van der Waals surface area contributed by atoms with Crippen LogP contribution in [0.3, 0.4) is 0 Å². The highest BCUT2D eigenvalue weighted by atomic mass is 16.2. The molecule has 1 amide bonds. The molecule has 0 unspecified atom stereocenters. The smallest absolute Gasteiger partial charge is 0.272 e. The molecule has 0 spiro atoms. The van der Waals surface area contributed by atoms with Crippen LogP contribution in [-0.4, -0.2) is 21.7 Å². The molecule has 0 saturated heterocycles. The summed E-state index contributed by atoms with van der Waals surface area (Å²) in [6, 6.07) is 8.57. The van der Waals surface area contributed by atoms with Gasteiger partial charge in [-0.2, -0.15) is 5.10 Å². The van der Waals surface area contributed by atoms with Crippen LogP contribution < -0.4 is 5.32 Å². The van der Waals surface area contributed by atoms with Crippen molar-refractivity contribution in [1.82, 2.24) is 15.1 Å². The molecule has 1 N–H and O–H groups in total. The fourth-order valence-electron chi connectivity index (χ4n) is 4.28. The van der Waals surface area contributed by atoms with Gasteiger partial charge in [-0.05, 0) is 69.4 Å². The first-order valence-corrected chi connectivity index (χ1v) is 9.61. The molecule has 0 aliphatic heterocycles. The van der Waals surface area contributed by atoms with E-state index in [2.05, 4.69) is 31.3 Å². The average Bonchev–Trinajstić information content (AvgIpc) is 3.20. The van der Waals surface area contributed by atoms with Crippen LogP contribution in [0, 0.1) is 12.8 Å². The molecular formula is C21H27N3O. The van der Waals surface area contributed by atoms with Crippen LogP contribution in [0.2, 0.25) is 0 Å². The Bertz CT molecular complexity index is 784. The van der Waals surface area contributed by atoms with Gasteiger partial charge in [-0.1, -0.05) is 25.1 Å². The molecule has 1 fully saturated rings. The van der Waals surface area contributed by atoms with E-state index in [1.807, 2.05) is 16.8 Å². The number of carbonyl (C=O) groups is 1. The lowest BCUT2D eigenvalue weighted by molar-refractivity contribution is 0.0916. The maximum atomic E-state index is 12.9. The molecule has 1 heterocycles. The average molecular weight is 337 g/mol. The summed E-state index contributed by atoms with van der Waals surface area (Å²) in [5.74, 6) is 0.808. The van der Waals surface area contributed by atoms with Crippen LogP contribution in [0.15, 0.2) is 24.3 Å². The summed E-state index contributed by atoms with van der Waals surface area (Å²) in [7, 11) is 0.